The first kappa shape index (κ1) is 6.36. The van der Waals surface area contributed by atoms with Crippen LogP contribution in [0.1, 0.15) is 6.42 Å². The van der Waals surface area contributed by atoms with Gasteiger partial charge in [-0.2, -0.15) is 0 Å². The van der Waals surface area contributed by atoms with Crippen LogP contribution < -0.4 is 0 Å². The van der Waals surface area contributed by atoms with Crippen molar-refractivity contribution in [1.29, 1.82) is 0 Å². The highest BCUT2D eigenvalue weighted by Crippen LogP contribution is 2.09. The quantitative estimate of drug-likeness (QED) is 0.564. The average molecular weight is 126 g/mol. The fourth-order valence-electron chi connectivity index (χ4n) is 0.741. The van der Waals surface area contributed by atoms with Crippen molar-refractivity contribution in [2.45, 2.75) is 12.5 Å². The van der Waals surface area contributed by atoms with Crippen molar-refractivity contribution < 1.29 is 9.84 Å². The second-order valence-corrected chi connectivity index (χ2v) is 1.97. The van der Waals surface area contributed by atoms with Crippen molar-refractivity contribution in [3.63, 3.8) is 0 Å². The van der Waals surface area contributed by atoms with Gasteiger partial charge in [-0.15, -0.1) is 0 Å². The number of allylic oxidation sites excluding steroid dienone is 1. The molecular formula is C7H10O2. The van der Waals surface area contributed by atoms with E-state index in [1.54, 1.807) is 19.3 Å². The SMILES string of the molecule is COC1=CC[C@@H](O)C=C1. The highest BCUT2D eigenvalue weighted by atomic mass is 16.5. The summed E-state index contributed by atoms with van der Waals surface area (Å²) >= 11 is 0. The summed E-state index contributed by atoms with van der Waals surface area (Å²) in [7, 11) is 1.62. The molecule has 0 aliphatic heterocycles. The van der Waals surface area contributed by atoms with E-state index in [0.717, 1.165) is 5.76 Å². The Hall–Kier alpha value is -0.760. The van der Waals surface area contributed by atoms with E-state index in [4.69, 9.17) is 9.84 Å². The molecule has 0 radical (unpaired) electrons. The average Bonchev–Trinajstić information content (AvgIpc) is 1.90. The Bertz CT molecular complexity index is 147. The molecule has 0 bridgehead atoms. The Morgan fingerprint density at radius 2 is 2.56 bits per heavy atom. The lowest BCUT2D eigenvalue weighted by molar-refractivity contribution is 0.217. The molecule has 0 unspecified atom stereocenters. The van der Waals surface area contributed by atoms with Crippen LogP contribution in [0, 0.1) is 0 Å². The van der Waals surface area contributed by atoms with Gasteiger partial charge in [0.1, 0.15) is 5.76 Å². The van der Waals surface area contributed by atoms with Gasteiger partial charge in [0.05, 0.1) is 13.2 Å². The summed E-state index contributed by atoms with van der Waals surface area (Å²) in [5.41, 5.74) is 0. The summed E-state index contributed by atoms with van der Waals surface area (Å²) in [6.07, 6.45) is 5.71. The summed E-state index contributed by atoms with van der Waals surface area (Å²) in [5, 5.41) is 8.94. The molecule has 1 aliphatic carbocycles. The second-order valence-electron chi connectivity index (χ2n) is 1.97. The number of hydrogen-bond acceptors (Lipinski definition) is 2. The molecule has 2 heteroatoms. The van der Waals surface area contributed by atoms with Gasteiger partial charge in [0, 0.05) is 0 Å². The largest absolute Gasteiger partial charge is 0.497 e. The number of methoxy groups -OCH3 is 1. The van der Waals surface area contributed by atoms with Crippen molar-refractivity contribution in [3.8, 4) is 0 Å². The highest BCUT2D eigenvalue weighted by molar-refractivity contribution is 5.18. The lowest BCUT2D eigenvalue weighted by Gasteiger charge is -2.08. The maximum absolute atomic E-state index is 8.94. The molecule has 0 fully saturated rings. The molecule has 1 aliphatic rings. The van der Waals surface area contributed by atoms with Crippen LogP contribution in [0.15, 0.2) is 24.0 Å². The molecule has 0 amide bonds. The Morgan fingerprint density at radius 3 is 3.00 bits per heavy atom. The van der Waals surface area contributed by atoms with Gasteiger partial charge in [-0.1, -0.05) is 6.08 Å². The summed E-state index contributed by atoms with van der Waals surface area (Å²) in [6.45, 7) is 0. The zero-order valence-corrected chi connectivity index (χ0v) is 5.37. The Morgan fingerprint density at radius 1 is 1.78 bits per heavy atom. The summed E-state index contributed by atoms with van der Waals surface area (Å²) in [5.74, 6) is 0.834. The lowest BCUT2D eigenvalue weighted by Crippen LogP contribution is -2.04. The van der Waals surface area contributed by atoms with Crippen LogP contribution in [0.2, 0.25) is 0 Å². The number of rotatable bonds is 1. The van der Waals surface area contributed by atoms with Gasteiger partial charge >= 0.3 is 0 Å². The van der Waals surface area contributed by atoms with Crippen molar-refractivity contribution in [1.82, 2.24) is 0 Å². The van der Waals surface area contributed by atoms with E-state index in [-0.39, 0.29) is 6.10 Å². The first-order chi connectivity index (χ1) is 4.33. The van der Waals surface area contributed by atoms with Gasteiger partial charge in [-0.25, -0.2) is 0 Å². The molecule has 1 rings (SSSR count). The molecule has 0 aromatic carbocycles. The minimum absolute atomic E-state index is 0.316. The number of aliphatic hydroxyl groups excluding tert-OH is 1. The van der Waals surface area contributed by atoms with Gasteiger partial charge in [0.25, 0.3) is 0 Å². The van der Waals surface area contributed by atoms with Crippen LogP contribution in [0.3, 0.4) is 0 Å². The molecule has 1 N–H and O–H groups in total. The monoisotopic (exact) mass is 126 g/mol. The minimum atomic E-state index is -0.316. The third-order valence-electron chi connectivity index (χ3n) is 1.28. The third-order valence-corrected chi connectivity index (χ3v) is 1.28. The summed E-state index contributed by atoms with van der Waals surface area (Å²) in [6, 6.07) is 0. The smallest absolute Gasteiger partial charge is 0.114 e. The van der Waals surface area contributed by atoms with E-state index in [9.17, 15) is 0 Å². The van der Waals surface area contributed by atoms with E-state index in [2.05, 4.69) is 0 Å². The van der Waals surface area contributed by atoms with Crippen LogP contribution in [0.5, 0.6) is 0 Å². The molecule has 0 aromatic heterocycles. The second kappa shape index (κ2) is 2.69. The Labute approximate surface area is 54.5 Å². The Kier molecular flexibility index (Phi) is 1.90. The molecule has 0 heterocycles. The van der Waals surface area contributed by atoms with Crippen molar-refractivity contribution >= 4 is 0 Å². The van der Waals surface area contributed by atoms with Crippen molar-refractivity contribution in [2.24, 2.45) is 0 Å². The normalized spacial score (nSPS) is 25.6. The number of aliphatic hydroxyl groups is 1. The van der Waals surface area contributed by atoms with E-state index >= 15 is 0 Å². The zero-order valence-electron chi connectivity index (χ0n) is 5.37. The van der Waals surface area contributed by atoms with Gasteiger partial charge in [0.2, 0.25) is 0 Å². The van der Waals surface area contributed by atoms with Crippen molar-refractivity contribution in [3.05, 3.63) is 24.0 Å². The predicted molar refractivity (Wildman–Crippen MR) is 34.9 cm³/mol. The van der Waals surface area contributed by atoms with Crippen LogP contribution in [-0.2, 0) is 4.74 Å². The van der Waals surface area contributed by atoms with E-state index in [1.165, 1.54) is 0 Å². The van der Waals surface area contributed by atoms with E-state index in [0.29, 0.717) is 6.42 Å². The molecule has 2 nitrogen and oxygen atoms in total. The highest BCUT2D eigenvalue weighted by Gasteiger charge is 2.02. The zero-order chi connectivity index (χ0) is 6.69. The molecular weight excluding hydrogens is 116 g/mol. The summed E-state index contributed by atoms with van der Waals surface area (Å²) < 4.78 is 4.90. The number of hydrogen-bond donors (Lipinski definition) is 1. The van der Waals surface area contributed by atoms with Gasteiger partial charge < -0.3 is 9.84 Å². The minimum Gasteiger partial charge on any atom is -0.497 e. The van der Waals surface area contributed by atoms with Crippen molar-refractivity contribution in [2.75, 3.05) is 7.11 Å². The molecule has 0 spiro atoms. The molecule has 1 atom stereocenters. The lowest BCUT2D eigenvalue weighted by atomic mass is 10.1. The standard InChI is InChI=1S/C7H10O2/c1-9-7-4-2-6(8)3-5-7/h2,4-6,8H,3H2,1H3/t6-/m0/s1. The first-order valence-corrected chi connectivity index (χ1v) is 2.93. The van der Waals surface area contributed by atoms with E-state index < -0.39 is 0 Å². The maximum Gasteiger partial charge on any atom is 0.114 e. The van der Waals surface area contributed by atoms with Crippen LogP contribution in [0.4, 0.5) is 0 Å². The third kappa shape index (κ3) is 1.57. The first-order valence-electron chi connectivity index (χ1n) is 2.93. The molecule has 0 saturated carbocycles. The topological polar surface area (TPSA) is 29.5 Å². The molecule has 50 valence electrons. The maximum atomic E-state index is 8.94. The van der Waals surface area contributed by atoms with Crippen LogP contribution in [0.25, 0.3) is 0 Å². The molecule has 0 saturated heterocycles. The predicted octanol–water partition coefficient (Wildman–Crippen LogP) is 0.837. The fraction of sp³-hybridized carbons (Fsp3) is 0.429. The fourth-order valence-corrected chi connectivity index (χ4v) is 0.741. The molecule has 0 aromatic rings. The van der Waals surface area contributed by atoms with Gasteiger partial charge in [-0.05, 0) is 18.6 Å². The van der Waals surface area contributed by atoms with Gasteiger partial charge in [-0.3, -0.25) is 0 Å². The molecule has 9 heavy (non-hydrogen) atoms. The Balaban J connectivity index is 2.52. The number of ether oxygens (including phenoxy) is 1. The van der Waals surface area contributed by atoms with Crippen LogP contribution in [-0.4, -0.2) is 18.3 Å². The van der Waals surface area contributed by atoms with Crippen LogP contribution >= 0.6 is 0 Å². The van der Waals surface area contributed by atoms with Gasteiger partial charge in [0.15, 0.2) is 0 Å². The summed E-state index contributed by atoms with van der Waals surface area (Å²) in [4.78, 5) is 0. The van der Waals surface area contributed by atoms with E-state index in [1.807, 2.05) is 6.08 Å².